The van der Waals surface area contributed by atoms with Crippen LogP contribution in [0.4, 0.5) is 0 Å². The van der Waals surface area contributed by atoms with Crippen molar-refractivity contribution in [3.8, 4) is 0 Å². The summed E-state index contributed by atoms with van der Waals surface area (Å²) in [4.78, 5) is 0. The second kappa shape index (κ2) is 5.09. The molecule has 0 unspecified atom stereocenters. The second-order valence-electron chi connectivity index (χ2n) is 4.76. The van der Waals surface area contributed by atoms with E-state index in [1.165, 1.54) is 45.8 Å². The lowest BCUT2D eigenvalue weighted by Crippen LogP contribution is -2.25. The highest BCUT2D eigenvalue weighted by Gasteiger charge is 2.14. The molecule has 3 heteroatoms. The van der Waals surface area contributed by atoms with Crippen LogP contribution in [0, 0.1) is 0 Å². The summed E-state index contributed by atoms with van der Waals surface area (Å²) >= 11 is 5.37. The van der Waals surface area contributed by atoms with Crippen molar-refractivity contribution in [2.24, 2.45) is 0 Å². The van der Waals surface area contributed by atoms with Crippen LogP contribution in [0.3, 0.4) is 0 Å². The van der Waals surface area contributed by atoms with E-state index in [0.29, 0.717) is 0 Å². The van der Waals surface area contributed by atoms with Gasteiger partial charge in [0.25, 0.3) is 0 Å². The smallest absolute Gasteiger partial charge is 0.0357 e. The molecule has 1 aromatic carbocycles. The number of rotatable bonds is 3. The standard InChI is InChI=1S/C14H16BrNS/c15-11-5-6-13-10(9-17-14(13)7-11)8-16-12-3-1-2-4-12/h5-7,9,12,16H,1-4,8H2. The zero-order valence-corrected chi connectivity index (χ0v) is 12.1. The van der Waals surface area contributed by atoms with Crippen LogP contribution < -0.4 is 5.32 Å². The number of fused-ring (bicyclic) bond motifs is 1. The third-order valence-corrected chi connectivity index (χ3v) is 5.04. The highest BCUT2D eigenvalue weighted by atomic mass is 79.9. The van der Waals surface area contributed by atoms with Gasteiger partial charge in [-0.2, -0.15) is 0 Å². The minimum absolute atomic E-state index is 0.750. The summed E-state index contributed by atoms with van der Waals surface area (Å²) < 4.78 is 2.55. The molecule has 0 saturated heterocycles. The minimum atomic E-state index is 0.750. The van der Waals surface area contributed by atoms with Crippen molar-refractivity contribution in [1.82, 2.24) is 5.32 Å². The molecule has 1 aliphatic rings. The van der Waals surface area contributed by atoms with Gasteiger partial charge in [-0.25, -0.2) is 0 Å². The number of hydrogen-bond donors (Lipinski definition) is 1. The van der Waals surface area contributed by atoms with Gasteiger partial charge in [-0.15, -0.1) is 11.3 Å². The topological polar surface area (TPSA) is 12.0 Å². The first kappa shape index (κ1) is 11.7. The number of thiophene rings is 1. The fraction of sp³-hybridized carbons (Fsp3) is 0.429. The monoisotopic (exact) mass is 309 g/mol. The molecular formula is C14H16BrNS. The van der Waals surface area contributed by atoms with Crippen LogP contribution in [0.15, 0.2) is 28.1 Å². The van der Waals surface area contributed by atoms with Crippen LogP contribution in [0.5, 0.6) is 0 Å². The number of halogens is 1. The molecule has 17 heavy (non-hydrogen) atoms. The summed E-state index contributed by atoms with van der Waals surface area (Å²) in [6, 6.07) is 7.31. The molecular weight excluding hydrogens is 294 g/mol. The predicted octanol–water partition coefficient (Wildman–Crippen LogP) is 4.70. The van der Waals surface area contributed by atoms with Gasteiger partial charge in [-0.3, -0.25) is 0 Å². The molecule has 0 aliphatic heterocycles. The quantitative estimate of drug-likeness (QED) is 0.867. The Bertz CT molecular complexity index is 514. The molecule has 0 amide bonds. The van der Waals surface area contributed by atoms with Gasteiger partial charge in [0, 0.05) is 21.8 Å². The Morgan fingerprint density at radius 3 is 2.94 bits per heavy atom. The van der Waals surface area contributed by atoms with Crippen molar-refractivity contribution in [2.75, 3.05) is 0 Å². The molecule has 1 N–H and O–H groups in total. The summed E-state index contributed by atoms with van der Waals surface area (Å²) in [6.07, 6.45) is 5.51. The van der Waals surface area contributed by atoms with Crippen LogP contribution >= 0.6 is 27.3 Å². The Morgan fingerprint density at radius 2 is 2.12 bits per heavy atom. The fourth-order valence-electron chi connectivity index (χ4n) is 2.58. The van der Waals surface area contributed by atoms with E-state index in [-0.39, 0.29) is 0 Å². The van der Waals surface area contributed by atoms with Crippen LogP contribution in [-0.4, -0.2) is 6.04 Å². The van der Waals surface area contributed by atoms with Gasteiger partial charge in [-0.05, 0) is 41.3 Å². The Kier molecular flexibility index (Phi) is 3.50. The molecule has 0 bridgehead atoms. The predicted molar refractivity (Wildman–Crippen MR) is 78.6 cm³/mol. The average molecular weight is 310 g/mol. The Labute approximate surface area is 114 Å². The van der Waals surface area contributed by atoms with Crippen molar-refractivity contribution in [1.29, 1.82) is 0 Å². The lowest BCUT2D eigenvalue weighted by Gasteiger charge is -2.10. The maximum atomic E-state index is 3.69. The zero-order chi connectivity index (χ0) is 11.7. The van der Waals surface area contributed by atoms with Crippen molar-refractivity contribution in [2.45, 2.75) is 38.3 Å². The summed E-state index contributed by atoms with van der Waals surface area (Å²) in [5, 5.41) is 7.38. The molecule has 0 atom stereocenters. The molecule has 1 fully saturated rings. The van der Waals surface area contributed by atoms with Crippen LogP contribution in [-0.2, 0) is 6.54 Å². The first-order chi connectivity index (χ1) is 8.33. The van der Waals surface area contributed by atoms with Crippen molar-refractivity contribution >= 4 is 37.4 Å². The third-order valence-electron chi connectivity index (χ3n) is 3.55. The largest absolute Gasteiger partial charge is 0.310 e. The SMILES string of the molecule is Brc1ccc2c(CNC3CCCC3)csc2c1. The van der Waals surface area contributed by atoms with Gasteiger partial charge in [-0.1, -0.05) is 34.8 Å². The van der Waals surface area contributed by atoms with Gasteiger partial charge in [0.1, 0.15) is 0 Å². The zero-order valence-electron chi connectivity index (χ0n) is 9.71. The highest BCUT2D eigenvalue weighted by molar-refractivity contribution is 9.10. The Balaban J connectivity index is 1.76. The van der Waals surface area contributed by atoms with Crippen molar-refractivity contribution < 1.29 is 0 Å². The van der Waals surface area contributed by atoms with Gasteiger partial charge < -0.3 is 5.32 Å². The molecule has 1 heterocycles. The van der Waals surface area contributed by atoms with Crippen LogP contribution in [0.2, 0.25) is 0 Å². The summed E-state index contributed by atoms with van der Waals surface area (Å²) in [7, 11) is 0. The summed E-state index contributed by atoms with van der Waals surface area (Å²) in [5.74, 6) is 0. The van der Waals surface area contributed by atoms with Crippen LogP contribution in [0.25, 0.3) is 10.1 Å². The molecule has 0 spiro atoms. The van der Waals surface area contributed by atoms with E-state index in [2.05, 4.69) is 44.8 Å². The first-order valence-corrected chi connectivity index (χ1v) is 7.89. The van der Waals surface area contributed by atoms with E-state index < -0.39 is 0 Å². The lowest BCUT2D eigenvalue weighted by atomic mass is 10.1. The van der Waals surface area contributed by atoms with Gasteiger partial charge in [0.2, 0.25) is 0 Å². The molecule has 1 nitrogen and oxygen atoms in total. The van der Waals surface area contributed by atoms with Gasteiger partial charge in [0.05, 0.1) is 0 Å². The fourth-order valence-corrected chi connectivity index (χ4v) is 4.09. The molecule has 1 saturated carbocycles. The summed E-state index contributed by atoms with van der Waals surface area (Å²) in [5.41, 5.74) is 1.45. The molecule has 3 rings (SSSR count). The molecule has 2 aromatic rings. The van der Waals surface area contributed by atoms with E-state index in [4.69, 9.17) is 0 Å². The molecule has 0 radical (unpaired) electrons. The van der Waals surface area contributed by atoms with Crippen LogP contribution in [0.1, 0.15) is 31.2 Å². The molecule has 1 aromatic heterocycles. The van der Waals surface area contributed by atoms with Crippen molar-refractivity contribution in [3.63, 3.8) is 0 Å². The van der Waals surface area contributed by atoms with Gasteiger partial charge >= 0.3 is 0 Å². The minimum Gasteiger partial charge on any atom is -0.310 e. The average Bonchev–Trinajstić information content (AvgIpc) is 2.94. The van der Waals surface area contributed by atoms with Crippen molar-refractivity contribution in [3.05, 3.63) is 33.6 Å². The van der Waals surface area contributed by atoms with Gasteiger partial charge in [0.15, 0.2) is 0 Å². The maximum absolute atomic E-state index is 3.69. The third kappa shape index (κ3) is 2.56. The first-order valence-electron chi connectivity index (χ1n) is 6.22. The lowest BCUT2D eigenvalue weighted by molar-refractivity contribution is 0.526. The van der Waals surface area contributed by atoms with E-state index >= 15 is 0 Å². The summed E-state index contributed by atoms with van der Waals surface area (Å²) in [6.45, 7) is 1.02. The number of nitrogens with one attached hydrogen (secondary N) is 1. The number of hydrogen-bond acceptors (Lipinski definition) is 2. The second-order valence-corrected chi connectivity index (χ2v) is 6.59. The highest BCUT2D eigenvalue weighted by Crippen LogP contribution is 2.29. The van der Waals surface area contributed by atoms with E-state index in [0.717, 1.165) is 12.6 Å². The van der Waals surface area contributed by atoms with E-state index in [1.54, 1.807) is 0 Å². The normalized spacial score (nSPS) is 17.0. The molecule has 1 aliphatic carbocycles. The maximum Gasteiger partial charge on any atom is 0.0357 e. The van der Waals surface area contributed by atoms with E-state index in [9.17, 15) is 0 Å². The Morgan fingerprint density at radius 1 is 1.29 bits per heavy atom. The Hall–Kier alpha value is -0.380. The number of benzene rings is 1. The van der Waals surface area contributed by atoms with E-state index in [1.807, 2.05) is 11.3 Å². The molecule has 90 valence electrons.